The standard InChI is InChI=1S/C19H25NO4/c1-4-5-6-11-20-18(21)10-9-16-13(2)15-8-7-14(23-3)12-17(15)24-19(16)22/h7-8,12H,4-6,9-11H2,1-3H3,(H,20,21). The first kappa shape index (κ1) is 18.0. The number of hydrogen-bond donors (Lipinski definition) is 1. The molecule has 0 spiro atoms. The van der Waals surface area contributed by atoms with Crippen LogP contribution in [0.5, 0.6) is 5.75 Å². The normalized spacial score (nSPS) is 10.8. The summed E-state index contributed by atoms with van der Waals surface area (Å²) in [5.41, 5.74) is 1.55. The summed E-state index contributed by atoms with van der Waals surface area (Å²) in [5, 5.41) is 3.76. The molecule has 24 heavy (non-hydrogen) atoms. The Bertz CT molecular complexity index is 764. The molecule has 5 heteroatoms. The summed E-state index contributed by atoms with van der Waals surface area (Å²) < 4.78 is 10.5. The van der Waals surface area contributed by atoms with E-state index in [-0.39, 0.29) is 11.5 Å². The third-order valence-electron chi connectivity index (χ3n) is 4.20. The van der Waals surface area contributed by atoms with Gasteiger partial charge in [-0.25, -0.2) is 4.79 Å². The molecule has 1 heterocycles. The zero-order valence-corrected chi connectivity index (χ0v) is 14.6. The average molecular weight is 331 g/mol. The molecule has 0 bridgehead atoms. The lowest BCUT2D eigenvalue weighted by Crippen LogP contribution is -2.25. The fourth-order valence-electron chi connectivity index (χ4n) is 2.72. The van der Waals surface area contributed by atoms with Gasteiger partial charge >= 0.3 is 5.63 Å². The van der Waals surface area contributed by atoms with Crippen LogP contribution in [-0.2, 0) is 11.2 Å². The molecule has 130 valence electrons. The molecule has 0 fully saturated rings. The van der Waals surface area contributed by atoms with Gasteiger partial charge in [-0.1, -0.05) is 19.8 Å². The fraction of sp³-hybridized carbons (Fsp3) is 0.474. The number of nitrogens with one attached hydrogen (secondary N) is 1. The minimum Gasteiger partial charge on any atom is -0.497 e. The zero-order valence-electron chi connectivity index (χ0n) is 14.6. The number of methoxy groups -OCH3 is 1. The number of amides is 1. The van der Waals surface area contributed by atoms with Gasteiger partial charge in [0.25, 0.3) is 0 Å². The highest BCUT2D eigenvalue weighted by atomic mass is 16.5. The molecule has 0 aliphatic heterocycles. The van der Waals surface area contributed by atoms with Crippen molar-refractivity contribution in [3.05, 3.63) is 39.7 Å². The molecule has 1 N–H and O–H groups in total. The molecule has 2 rings (SSSR count). The number of carbonyl (C=O) groups excluding carboxylic acids is 1. The van der Waals surface area contributed by atoms with Crippen LogP contribution in [0.1, 0.15) is 43.7 Å². The molecule has 1 aromatic carbocycles. The van der Waals surface area contributed by atoms with Crippen molar-refractivity contribution in [2.24, 2.45) is 0 Å². The number of carbonyl (C=O) groups is 1. The van der Waals surface area contributed by atoms with Crippen LogP contribution in [0.25, 0.3) is 11.0 Å². The van der Waals surface area contributed by atoms with Gasteiger partial charge in [0, 0.05) is 30.0 Å². The van der Waals surface area contributed by atoms with Crippen LogP contribution in [-0.4, -0.2) is 19.6 Å². The van der Waals surface area contributed by atoms with Crippen LogP contribution in [0, 0.1) is 6.92 Å². The summed E-state index contributed by atoms with van der Waals surface area (Å²) in [5.74, 6) is 0.615. The highest BCUT2D eigenvalue weighted by Gasteiger charge is 2.13. The van der Waals surface area contributed by atoms with Crippen LogP contribution >= 0.6 is 0 Å². The summed E-state index contributed by atoms with van der Waals surface area (Å²) in [6.45, 7) is 4.71. The molecule has 0 aliphatic rings. The van der Waals surface area contributed by atoms with Crippen LogP contribution in [0.15, 0.2) is 27.4 Å². The van der Waals surface area contributed by atoms with E-state index < -0.39 is 0 Å². The number of fused-ring (bicyclic) bond motifs is 1. The number of hydrogen-bond acceptors (Lipinski definition) is 4. The van der Waals surface area contributed by atoms with Gasteiger partial charge in [0.2, 0.25) is 5.91 Å². The summed E-state index contributed by atoms with van der Waals surface area (Å²) in [6, 6.07) is 5.41. The van der Waals surface area contributed by atoms with E-state index in [0.717, 1.165) is 30.2 Å². The number of ether oxygens (including phenoxy) is 1. The summed E-state index contributed by atoms with van der Waals surface area (Å²) in [6.07, 6.45) is 3.89. The van der Waals surface area contributed by atoms with Crippen molar-refractivity contribution in [3.63, 3.8) is 0 Å². The Hall–Kier alpha value is -2.30. The van der Waals surface area contributed by atoms with Crippen molar-refractivity contribution in [1.29, 1.82) is 0 Å². The van der Waals surface area contributed by atoms with Crippen molar-refractivity contribution in [2.75, 3.05) is 13.7 Å². The second kappa shape index (κ2) is 8.52. The molecule has 5 nitrogen and oxygen atoms in total. The first-order valence-electron chi connectivity index (χ1n) is 8.43. The molecule has 0 aliphatic carbocycles. The predicted octanol–water partition coefficient (Wildman–Crippen LogP) is 3.35. The molecule has 0 saturated heterocycles. The third-order valence-corrected chi connectivity index (χ3v) is 4.20. The fourth-order valence-corrected chi connectivity index (χ4v) is 2.72. The first-order valence-corrected chi connectivity index (χ1v) is 8.43. The zero-order chi connectivity index (χ0) is 17.5. The Balaban J connectivity index is 2.09. The third kappa shape index (κ3) is 4.37. The Labute approximate surface area is 142 Å². The van der Waals surface area contributed by atoms with E-state index in [2.05, 4.69) is 12.2 Å². The highest BCUT2D eigenvalue weighted by Crippen LogP contribution is 2.24. The Morgan fingerprint density at radius 3 is 2.79 bits per heavy atom. The largest absolute Gasteiger partial charge is 0.497 e. The van der Waals surface area contributed by atoms with E-state index in [4.69, 9.17) is 9.15 Å². The second-order valence-corrected chi connectivity index (χ2v) is 5.91. The Morgan fingerprint density at radius 2 is 2.08 bits per heavy atom. The monoisotopic (exact) mass is 331 g/mol. The van der Waals surface area contributed by atoms with Gasteiger partial charge in [-0.05, 0) is 37.5 Å². The average Bonchev–Trinajstić information content (AvgIpc) is 2.58. The minimum atomic E-state index is -0.382. The van der Waals surface area contributed by atoms with Crippen molar-refractivity contribution < 1.29 is 13.9 Å². The minimum absolute atomic E-state index is 0.0280. The maximum Gasteiger partial charge on any atom is 0.339 e. The van der Waals surface area contributed by atoms with Gasteiger partial charge in [0.1, 0.15) is 11.3 Å². The van der Waals surface area contributed by atoms with Crippen molar-refractivity contribution >= 4 is 16.9 Å². The number of unbranched alkanes of at least 4 members (excludes halogenated alkanes) is 2. The van der Waals surface area contributed by atoms with Crippen molar-refractivity contribution in [3.8, 4) is 5.75 Å². The molecule has 2 aromatic rings. The molecular formula is C19H25NO4. The van der Waals surface area contributed by atoms with Crippen LogP contribution < -0.4 is 15.7 Å². The number of aryl methyl sites for hydroxylation is 1. The second-order valence-electron chi connectivity index (χ2n) is 5.91. The topological polar surface area (TPSA) is 68.5 Å². The van der Waals surface area contributed by atoms with Crippen LogP contribution in [0.3, 0.4) is 0 Å². The molecule has 0 atom stereocenters. The van der Waals surface area contributed by atoms with E-state index in [1.54, 1.807) is 13.2 Å². The molecule has 1 amide bonds. The lowest BCUT2D eigenvalue weighted by molar-refractivity contribution is -0.121. The summed E-state index contributed by atoms with van der Waals surface area (Å²) in [7, 11) is 1.57. The lowest BCUT2D eigenvalue weighted by Gasteiger charge is -2.09. The molecule has 0 saturated carbocycles. The molecule has 0 radical (unpaired) electrons. The predicted molar refractivity (Wildman–Crippen MR) is 94.6 cm³/mol. The van der Waals surface area contributed by atoms with E-state index in [1.165, 1.54) is 0 Å². The smallest absolute Gasteiger partial charge is 0.339 e. The van der Waals surface area contributed by atoms with Gasteiger partial charge in [-0.2, -0.15) is 0 Å². The highest BCUT2D eigenvalue weighted by molar-refractivity contribution is 5.82. The van der Waals surface area contributed by atoms with Crippen molar-refractivity contribution in [1.82, 2.24) is 5.32 Å². The maximum atomic E-state index is 12.2. The Kier molecular flexibility index (Phi) is 6.41. The SMILES string of the molecule is CCCCCNC(=O)CCc1c(C)c2ccc(OC)cc2oc1=O. The van der Waals surface area contributed by atoms with E-state index in [0.29, 0.717) is 36.3 Å². The molecule has 1 aromatic heterocycles. The van der Waals surface area contributed by atoms with Gasteiger partial charge < -0.3 is 14.5 Å². The van der Waals surface area contributed by atoms with E-state index in [9.17, 15) is 9.59 Å². The van der Waals surface area contributed by atoms with Gasteiger partial charge in [0.05, 0.1) is 7.11 Å². The quantitative estimate of drug-likeness (QED) is 0.595. The lowest BCUT2D eigenvalue weighted by atomic mass is 10.0. The van der Waals surface area contributed by atoms with Gasteiger partial charge in [-0.3, -0.25) is 4.79 Å². The molecular weight excluding hydrogens is 306 g/mol. The maximum absolute atomic E-state index is 12.2. The Morgan fingerprint density at radius 1 is 1.29 bits per heavy atom. The van der Waals surface area contributed by atoms with Crippen LogP contribution in [0.4, 0.5) is 0 Å². The van der Waals surface area contributed by atoms with Crippen LogP contribution in [0.2, 0.25) is 0 Å². The number of benzene rings is 1. The number of rotatable bonds is 8. The van der Waals surface area contributed by atoms with Gasteiger partial charge in [0.15, 0.2) is 0 Å². The van der Waals surface area contributed by atoms with Crippen molar-refractivity contribution in [2.45, 2.75) is 46.0 Å². The van der Waals surface area contributed by atoms with E-state index >= 15 is 0 Å². The van der Waals surface area contributed by atoms with E-state index in [1.807, 2.05) is 19.1 Å². The summed E-state index contributed by atoms with van der Waals surface area (Å²) >= 11 is 0. The summed E-state index contributed by atoms with van der Waals surface area (Å²) in [4.78, 5) is 24.1. The molecule has 0 unspecified atom stereocenters. The first-order chi connectivity index (χ1) is 11.6. The van der Waals surface area contributed by atoms with Gasteiger partial charge in [-0.15, -0.1) is 0 Å².